The van der Waals surface area contributed by atoms with E-state index in [4.69, 9.17) is 27.9 Å². The molecule has 11 heteroatoms. The van der Waals surface area contributed by atoms with Gasteiger partial charge in [0.1, 0.15) is 18.7 Å². The van der Waals surface area contributed by atoms with E-state index in [1.165, 1.54) is 18.5 Å². The molecule has 29 heavy (non-hydrogen) atoms. The van der Waals surface area contributed by atoms with Crippen LogP contribution in [-0.2, 0) is 23.7 Å². The SMILES string of the molecule is Cn1ncnc1COc1ccc(S(=O)(=O)Nc2ccc(Cl)c3c(Cl)c[nH]c23)cc1. The number of anilines is 1. The third-order valence-electron chi connectivity index (χ3n) is 4.29. The van der Waals surface area contributed by atoms with Gasteiger partial charge < -0.3 is 9.72 Å². The van der Waals surface area contributed by atoms with Crippen molar-refractivity contribution in [1.29, 1.82) is 0 Å². The van der Waals surface area contributed by atoms with E-state index in [1.54, 1.807) is 42.2 Å². The van der Waals surface area contributed by atoms with Crippen molar-refractivity contribution < 1.29 is 13.2 Å². The Hall–Kier alpha value is -2.75. The predicted molar refractivity (Wildman–Crippen MR) is 111 cm³/mol. The Bertz CT molecular complexity index is 1280. The Morgan fingerprint density at radius 2 is 1.90 bits per heavy atom. The summed E-state index contributed by atoms with van der Waals surface area (Å²) in [6, 6.07) is 9.24. The fraction of sp³-hybridized carbons (Fsp3) is 0.111. The minimum absolute atomic E-state index is 0.0873. The number of hydrogen-bond acceptors (Lipinski definition) is 5. The minimum atomic E-state index is -3.83. The van der Waals surface area contributed by atoms with Crippen LogP contribution in [0.15, 0.2) is 53.8 Å². The summed E-state index contributed by atoms with van der Waals surface area (Å²) < 4.78 is 35.3. The second kappa shape index (κ2) is 7.58. The van der Waals surface area contributed by atoms with Gasteiger partial charge in [-0.05, 0) is 36.4 Å². The van der Waals surface area contributed by atoms with E-state index in [-0.39, 0.29) is 11.5 Å². The quantitative estimate of drug-likeness (QED) is 0.461. The number of aryl methyl sites for hydroxylation is 1. The summed E-state index contributed by atoms with van der Waals surface area (Å²) in [6.07, 6.45) is 2.99. The molecule has 0 saturated carbocycles. The predicted octanol–water partition coefficient (Wildman–Crippen LogP) is 3.98. The van der Waals surface area contributed by atoms with Crippen molar-refractivity contribution in [1.82, 2.24) is 19.7 Å². The van der Waals surface area contributed by atoms with Gasteiger partial charge in [0.2, 0.25) is 0 Å². The van der Waals surface area contributed by atoms with Crippen LogP contribution in [0.5, 0.6) is 5.75 Å². The average Bonchev–Trinajstić information content (AvgIpc) is 3.29. The Balaban J connectivity index is 1.53. The number of fused-ring (bicyclic) bond motifs is 1. The van der Waals surface area contributed by atoms with Crippen LogP contribution in [0.3, 0.4) is 0 Å². The highest BCUT2D eigenvalue weighted by atomic mass is 35.5. The first kappa shape index (κ1) is 19.6. The fourth-order valence-corrected chi connectivity index (χ4v) is 4.40. The number of benzene rings is 2. The van der Waals surface area contributed by atoms with Gasteiger partial charge in [0, 0.05) is 18.6 Å². The molecule has 2 heterocycles. The van der Waals surface area contributed by atoms with Crippen molar-refractivity contribution >= 4 is 49.8 Å². The van der Waals surface area contributed by atoms with Crippen molar-refractivity contribution in [2.24, 2.45) is 7.05 Å². The van der Waals surface area contributed by atoms with Crippen LogP contribution in [0, 0.1) is 0 Å². The maximum Gasteiger partial charge on any atom is 0.261 e. The van der Waals surface area contributed by atoms with Gasteiger partial charge in [-0.25, -0.2) is 13.4 Å². The first-order chi connectivity index (χ1) is 13.8. The second-order valence-corrected chi connectivity index (χ2v) is 8.64. The second-order valence-electron chi connectivity index (χ2n) is 6.15. The number of rotatable bonds is 6. The molecule has 0 fully saturated rings. The molecular weight excluding hydrogens is 437 g/mol. The molecule has 2 aromatic carbocycles. The number of nitrogens with zero attached hydrogens (tertiary/aromatic N) is 3. The molecular formula is C18H15Cl2N5O3S. The molecule has 0 spiro atoms. The van der Waals surface area contributed by atoms with Gasteiger partial charge in [-0.1, -0.05) is 23.2 Å². The Kier molecular flexibility index (Phi) is 5.12. The van der Waals surface area contributed by atoms with Crippen LogP contribution >= 0.6 is 23.2 Å². The summed E-state index contributed by atoms with van der Waals surface area (Å²) in [4.78, 5) is 7.09. The summed E-state index contributed by atoms with van der Waals surface area (Å²) in [5.41, 5.74) is 0.855. The molecule has 2 N–H and O–H groups in total. The molecule has 0 aliphatic carbocycles. The molecule has 0 bridgehead atoms. The lowest BCUT2D eigenvalue weighted by Crippen LogP contribution is -2.13. The Labute approximate surface area is 176 Å². The van der Waals surface area contributed by atoms with Crippen molar-refractivity contribution in [2.45, 2.75) is 11.5 Å². The number of halogens is 2. The van der Waals surface area contributed by atoms with E-state index in [0.717, 1.165) is 0 Å². The van der Waals surface area contributed by atoms with Crippen molar-refractivity contribution in [3.63, 3.8) is 0 Å². The number of ether oxygens (including phenoxy) is 1. The van der Waals surface area contributed by atoms with E-state index in [2.05, 4.69) is 19.8 Å². The van der Waals surface area contributed by atoms with Crippen LogP contribution in [0.25, 0.3) is 10.9 Å². The standard InChI is InChI=1S/C18H15Cl2N5O3S/c1-25-16(22-10-23-25)9-28-11-2-4-12(5-3-11)29(26,27)24-15-7-6-13(19)17-14(20)8-21-18(15)17/h2-8,10,21,24H,9H2,1H3. The first-order valence-corrected chi connectivity index (χ1v) is 10.6. The van der Waals surface area contributed by atoms with E-state index >= 15 is 0 Å². The highest BCUT2D eigenvalue weighted by molar-refractivity contribution is 7.92. The van der Waals surface area contributed by atoms with Gasteiger partial charge in [-0.2, -0.15) is 5.10 Å². The molecule has 0 amide bonds. The van der Waals surface area contributed by atoms with Gasteiger partial charge in [0.25, 0.3) is 10.0 Å². The zero-order chi connectivity index (χ0) is 20.6. The van der Waals surface area contributed by atoms with Gasteiger partial charge in [0.05, 0.1) is 26.1 Å². The molecule has 0 saturated heterocycles. The van der Waals surface area contributed by atoms with E-state index < -0.39 is 10.0 Å². The Morgan fingerprint density at radius 1 is 1.14 bits per heavy atom. The number of hydrogen-bond donors (Lipinski definition) is 2. The van der Waals surface area contributed by atoms with E-state index in [9.17, 15) is 8.42 Å². The number of H-pyrrole nitrogens is 1. The van der Waals surface area contributed by atoms with Crippen LogP contribution in [0.2, 0.25) is 10.0 Å². The van der Waals surface area contributed by atoms with Crippen LogP contribution in [-0.4, -0.2) is 28.2 Å². The van der Waals surface area contributed by atoms with Crippen molar-refractivity contribution in [3.8, 4) is 5.75 Å². The zero-order valence-electron chi connectivity index (χ0n) is 15.1. The number of nitrogens with one attached hydrogen (secondary N) is 2. The lowest BCUT2D eigenvalue weighted by molar-refractivity contribution is 0.289. The Morgan fingerprint density at radius 3 is 2.59 bits per heavy atom. The summed E-state index contributed by atoms with van der Waals surface area (Å²) in [6.45, 7) is 0.219. The molecule has 0 aliphatic heterocycles. The third kappa shape index (κ3) is 3.89. The number of sulfonamides is 1. The molecule has 0 radical (unpaired) electrons. The molecule has 150 valence electrons. The van der Waals surface area contributed by atoms with Crippen molar-refractivity contribution in [3.05, 3.63) is 64.8 Å². The van der Waals surface area contributed by atoms with Gasteiger partial charge in [-0.3, -0.25) is 9.40 Å². The maximum atomic E-state index is 12.8. The minimum Gasteiger partial charge on any atom is -0.486 e. The highest BCUT2D eigenvalue weighted by Crippen LogP contribution is 2.35. The molecule has 0 unspecified atom stereocenters. The summed E-state index contributed by atoms with van der Waals surface area (Å²) in [7, 11) is -2.07. The number of aromatic nitrogens is 4. The average molecular weight is 452 g/mol. The largest absolute Gasteiger partial charge is 0.486 e. The number of aromatic amines is 1. The fourth-order valence-electron chi connectivity index (χ4n) is 2.77. The summed E-state index contributed by atoms with van der Waals surface area (Å²) >= 11 is 12.3. The van der Waals surface area contributed by atoms with Crippen LogP contribution < -0.4 is 9.46 Å². The molecule has 2 aromatic heterocycles. The molecule has 4 aromatic rings. The topological polar surface area (TPSA) is 102 Å². The van der Waals surface area contributed by atoms with Gasteiger partial charge in [0.15, 0.2) is 5.82 Å². The van der Waals surface area contributed by atoms with Crippen LogP contribution in [0.4, 0.5) is 5.69 Å². The van der Waals surface area contributed by atoms with E-state index in [0.29, 0.717) is 38.2 Å². The normalized spacial score (nSPS) is 11.7. The monoisotopic (exact) mass is 451 g/mol. The highest BCUT2D eigenvalue weighted by Gasteiger charge is 2.18. The van der Waals surface area contributed by atoms with Crippen LogP contribution in [0.1, 0.15) is 5.82 Å². The summed E-state index contributed by atoms with van der Waals surface area (Å²) in [5.74, 6) is 1.16. The van der Waals surface area contributed by atoms with Gasteiger partial charge >= 0.3 is 0 Å². The van der Waals surface area contributed by atoms with Gasteiger partial charge in [-0.15, -0.1) is 0 Å². The molecule has 8 nitrogen and oxygen atoms in total. The molecule has 0 aliphatic rings. The molecule has 0 atom stereocenters. The first-order valence-electron chi connectivity index (χ1n) is 8.39. The van der Waals surface area contributed by atoms with E-state index in [1.807, 2.05) is 0 Å². The smallest absolute Gasteiger partial charge is 0.261 e. The zero-order valence-corrected chi connectivity index (χ0v) is 17.4. The summed E-state index contributed by atoms with van der Waals surface area (Å²) in [5, 5.41) is 5.36. The molecule has 4 rings (SSSR count). The maximum absolute atomic E-state index is 12.8. The lowest BCUT2D eigenvalue weighted by Gasteiger charge is -2.11. The lowest BCUT2D eigenvalue weighted by atomic mass is 10.2. The third-order valence-corrected chi connectivity index (χ3v) is 6.28. The van der Waals surface area contributed by atoms with Crippen molar-refractivity contribution in [2.75, 3.05) is 4.72 Å².